The molecule has 2 rings (SSSR count). The monoisotopic (exact) mass is 280 g/mol. The molecule has 0 saturated heterocycles. The van der Waals surface area contributed by atoms with Gasteiger partial charge in [0.2, 0.25) is 0 Å². The Balaban J connectivity index is 1.79. The van der Waals surface area contributed by atoms with Crippen molar-refractivity contribution in [2.75, 3.05) is 5.32 Å². The maximum atomic E-state index is 11.4. The van der Waals surface area contributed by atoms with E-state index in [2.05, 4.69) is 26.6 Å². The minimum absolute atomic E-state index is 0.209. The molecule has 1 fully saturated rings. The molecule has 0 unspecified atom stereocenters. The van der Waals surface area contributed by atoms with Gasteiger partial charge in [-0.05, 0) is 43.0 Å². The third-order valence-corrected chi connectivity index (χ3v) is 2.84. The van der Waals surface area contributed by atoms with E-state index in [-0.39, 0.29) is 6.03 Å². The van der Waals surface area contributed by atoms with Gasteiger partial charge in [0.15, 0.2) is 0 Å². The number of hydrogen-bond donors (Lipinski definition) is 2. The first-order valence-corrected chi connectivity index (χ1v) is 6.03. The van der Waals surface area contributed by atoms with Crippen LogP contribution in [0.1, 0.15) is 12.8 Å². The van der Waals surface area contributed by atoms with Crippen LogP contribution in [-0.4, -0.2) is 6.03 Å². The van der Waals surface area contributed by atoms with Gasteiger partial charge in [0.25, 0.3) is 0 Å². The van der Waals surface area contributed by atoms with Gasteiger partial charge in [-0.15, -0.1) is 0 Å². The van der Waals surface area contributed by atoms with Crippen LogP contribution >= 0.6 is 15.9 Å². The highest BCUT2D eigenvalue weighted by Crippen LogP contribution is 2.29. The van der Waals surface area contributed by atoms with Crippen molar-refractivity contribution in [2.24, 2.45) is 5.92 Å². The van der Waals surface area contributed by atoms with E-state index in [1.54, 1.807) is 6.20 Å². The number of benzene rings is 1. The molecule has 84 valence electrons. The van der Waals surface area contributed by atoms with Gasteiger partial charge in [-0.2, -0.15) is 0 Å². The Kier molecular flexibility index (Phi) is 3.62. The van der Waals surface area contributed by atoms with Gasteiger partial charge in [-0.25, -0.2) is 4.79 Å². The Morgan fingerprint density at radius 2 is 2.00 bits per heavy atom. The zero-order valence-electron chi connectivity index (χ0n) is 8.74. The first-order chi connectivity index (χ1) is 7.74. The predicted molar refractivity (Wildman–Crippen MR) is 68.2 cm³/mol. The second-order valence-corrected chi connectivity index (χ2v) is 4.72. The first kappa shape index (κ1) is 11.2. The fraction of sp³-hybridized carbons (Fsp3) is 0.250. The lowest BCUT2D eigenvalue weighted by Crippen LogP contribution is -2.23. The molecule has 0 bridgehead atoms. The molecule has 2 amide bonds. The van der Waals surface area contributed by atoms with Crippen molar-refractivity contribution >= 4 is 27.6 Å². The number of carbonyl (C=O) groups excluding carboxylic acids is 1. The summed E-state index contributed by atoms with van der Waals surface area (Å²) in [6.45, 7) is 0. The number of carbonyl (C=O) groups is 1. The predicted octanol–water partition coefficient (Wildman–Crippen LogP) is 3.49. The maximum Gasteiger partial charge on any atom is 0.323 e. The van der Waals surface area contributed by atoms with Crippen LogP contribution in [0.15, 0.2) is 41.0 Å². The summed E-state index contributed by atoms with van der Waals surface area (Å²) in [7, 11) is 0. The molecule has 0 atom stereocenters. The number of anilines is 1. The lowest BCUT2D eigenvalue weighted by atomic mass is 10.3. The summed E-state index contributed by atoms with van der Waals surface area (Å²) in [6, 6.07) is 7.24. The van der Waals surface area contributed by atoms with Crippen LogP contribution in [0.5, 0.6) is 0 Å². The number of nitrogens with one attached hydrogen (secondary N) is 2. The van der Waals surface area contributed by atoms with Crippen LogP contribution in [0.2, 0.25) is 0 Å². The van der Waals surface area contributed by atoms with E-state index in [0.29, 0.717) is 5.92 Å². The van der Waals surface area contributed by atoms with E-state index in [0.717, 1.165) is 10.2 Å². The van der Waals surface area contributed by atoms with Crippen molar-refractivity contribution in [1.29, 1.82) is 0 Å². The standard InChI is InChI=1S/C12H13BrN2O/c13-10-3-5-11(6-4-10)15-12(16)14-8-7-9-1-2-9/h3-9H,1-2H2,(H2,14,15,16)/b8-7+. The smallest absolute Gasteiger partial charge is 0.315 e. The van der Waals surface area contributed by atoms with Gasteiger partial charge in [0.05, 0.1) is 0 Å². The molecule has 16 heavy (non-hydrogen) atoms. The first-order valence-electron chi connectivity index (χ1n) is 5.24. The molecule has 1 aromatic rings. The number of halogens is 1. The quantitative estimate of drug-likeness (QED) is 0.874. The molecule has 1 aliphatic rings. The molecule has 0 aliphatic heterocycles. The molecule has 0 spiro atoms. The Hall–Kier alpha value is -1.29. The SMILES string of the molecule is O=C(N/C=C/C1CC1)Nc1ccc(Br)cc1. The van der Waals surface area contributed by atoms with Gasteiger partial charge >= 0.3 is 6.03 Å². The van der Waals surface area contributed by atoms with E-state index >= 15 is 0 Å². The molecule has 1 saturated carbocycles. The fourth-order valence-corrected chi connectivity index (χ4v) is 1.51. The minimum atomic E-state index is -0.209. The normalized spacial score (nSPS) is 15.1. The lowest BCUT2D eigenvalue weighted by Gasteiger charge is -2.04. The summed E-state index contributed by atoms with van der Waals surface area (Å²) in [5.74, 6) is 0.674. The Labute approximate surface area is 103 Å². The summed E-state index contributed by atoms with van der Waals surface area (Å²) in [5.41, 5.74) is 0.778. The highest BCUT2D eigenvalue weighted by molar-refractivity contribution is 9.10. The minimum Gasteiger partial charge on any atom is -0.315 e. The van der Waals surface area contributed by atoms with Crippen LogP contribution < -0.4 is 10.6 Å². The molecular formula is C12H13BrN2O. The summed E-state index contributed by atoms with van der Waals surface area (Å²) in [6.07, 6.45) is 6.23. The average Bonchev–Trinajstić information content (AvgIpc) is 3.05. The van der Waals surface area contributed by atoms with Gasteiger partial charge in [0.1, 0.15) is 0 Å². The zero-order chi connectivity index (χ0) is 11.4. The van der Waals surface area contributed by atoms with E-state index < -0.39 is 0 Å². The van der Waals surface area contributed by atoms with Crippen LogP contribution in [0.3, 0.4) is 0 Å². The molecule has 0 aromatic heterocycles. The number of urea groups is 1. The van der Waals surface area contributed by atoms with Gasteiger partial charge in [-0.1, -0.05) is 22.0 Å². The van der Waals surface area contributed by atoms with E-state index in [1.807, 2.05) is 30.3 Å². The molecule has 3 nitrogen and oxygen atoms in total. The Morgan fingerprint density at radius 3 is 2.62 bits per heavy atom. The Bertz CT molecular complexity index is 396. The van der Waals surface area contributed by atoms with Gasteiger partial charge in [-0.3, -0.25) is 0 Å². The maximum absolute atomic E-state index is 11.4. The molecule has 0 radical (unpaired) electrons. The number of rotatable bonds is 3. The van der Waals surface area contributed by atoms with E-state index in [1.165, 1.54) is 12.8 Å². The van der Waals surface area contributed by atoms with Crippen LogP contribution in [0.25, 0.3) is 0 Å². The summed E-state index contributed by atoms with van der Waals surface area (Å²) in [5, 5.41) is 5.42. The van der Waals surface area contributed by atoms with Crippen LogP contribution in [0, 0.1) is 5.92 Å². The van der Waals surface area contributed by atoms with Crippen molar-refractivity contribution in [2.45, 2.75) is 12.8 Å². The lowest BCUT2D eigenvalue weighted by molar-refractivity contribution is 0.255. The summed E-state index contributed by atoms with van der Waals surface area (Å²) >= 11 is 3.34. The molecule has 1 aliphatic carbocycles. The highest BCUT2D eigenvalue weighted by Gasteiger charge is 2.16. The van der Waals surface area contributed by atoms with Gasteiger partial charge in [0, 0.05) is 16.4 Å². The second kappa shape index (κ2) is 5.16. The van der Waals surface area contributed by atoms with Gasteiger partial charge < -0.3 is 10.6 Å². The number of allylic oxidation sites excluding steroid dienone is 1. The largest absolute Gasteiger partial charge is 0.323 e. The third-order valence-electron chi connectivity index (χ3n) is 2.31. The van der Waals surface area contributed by atoms with Crippen molar-refractivity contribution in [3.63, 3.8) is 0 Å². The van der Waals surface area contributed by atoms with E-state index in [9.17, 15) is 4.79 Å². The molecule has 0 heterocycles. The van der Waals surface area contributed by atoms with Crippen molar-refractivity contribution in [3.8, 4) is 0 Å². The second-order valence-electron chi connectivity index (χ2n) is 3.80. The number of hydrogen-bond acceptors (Lipinski definition) is 1. The Morgan fingerprint density at radius 1 is 1.31 bits per heavy atom. The van der Waals surface area contributed by atoms with Crippen LogP contribution in [0.4, 0.5) is 10.5 Å². The van der Waals surface area contributed by atoms with Crippen molar-refractivity contribution in [3.05, 3.63) is 41.0 Å². The van der Waals surface area contributed by atoms with Crippen LogP contribution in [-0.2, 0) is 0 Å². The fourth-order valence-electron chi connectivity index (χ4n) is 1.25. The molecule has 1 aromatic carbocycles. The molecule has 4 heteroatoms. The number of amides is 2. The highest BCUT2D eigenvalue weighted by atomic mass is 79.9. The topological polar surface area (TPSA) is 41.1 Å². The zero-order valence-corrected chi connectivity index (χ0v) is 10.3. The van der Waals surface area contributed by atoms with Crippen molar-refractivity contribution in [1.82, 2.24) is 5.32 Å². The summed E-state index contributed by atoms with van der Waals surface area (Å²) in [4.78, 5) is 11.4. The molecule has 2 N–H and O–H groups in total. The third kappa shape index (κ3) is 3.70. The van der Waals surface area contributed by atoms with Crippen molar-refractivity contribution < 1.29 is 4.79 Å². The summed E-state index contributed by atoms with van der Waals surface area (Å²) < 4.78 is 0.993. The van der Waals surface area contributed by atoms with E-state index in [4.69, 9.17) is 0 Å². The molecular weight excluding hydrogens is 268 g/mol. The average molecular weight is 281 g/mol.